The van der Waals surface area contributed by atoms with Crippen molar-refractivity contribution in [2.24, 2.45) is 0 Å². The number of carbonyl (C=O) groups excluding carboxylic acids is 1. The molecule has 0 fully saturated rings. The van der Waals surface area contributed by atoms with E-state index in [1.165, 1.54) is 0 Å². The summed E-state index contributed by atoms with van der Waals surface area (Å²) in [5.41, 5.74) is 0.404. The third kappa shape index (κ3) is 4.87. The second-order valence-corrected chi connectivity index (χ2v) is 3.49. The Balaban J connectivity index is 2.36. The molecule has 0 spiro atoms. The van der Waals surface area contributed by atoms with Crippen LogP contribution in [-0.2, 0) is 9.78 Å². The normalized spacial score (nSPS) is 10.0. The van der Waals surface area contributed by atoms with Crippen LogP contribution in [0.15, 0.2) is 24.3 Å². The van der Waals surface area contributed by atoms with Crippen LogP contribution in [-0.4, -0.2) is 19.7 Å². The van der Waals surface area contributed by atoms with Crippen LogP contribution in [0.2, 0.25) is 0 Å². The van der Waals surface area contributed by atoms with Gasteiger partial charge < -0.3 is 4.74 Å². The fourth-order valence-corrected chi connectivity index (χ4v) is 1.23. The van der Waals surface area contributed by atoms with Crippen molar-refractivity contribution in [3.63, 3.8) is 0 Å². The van der Waals surface area contributed by atoms with Gasteiger partial charge in [0.1, 0.15) is 5.75 Å². The maximum absolute atomic E-state index is 11.5. The zero-order chi connectivity index (χ0) is 12.5. The number of rotatable bonds is 7. The van der Waals surface area contributed by atoms with Crippen molar-refractivity contribution in [2.75, 3.05) is 13.7 Å². The van der Waals surface area contributed by atoms with Crippen molar-refractivity contribution >= 4 is 5.97 Å². The van der Waals surface area contributed by atoms with Gasteiger partial charge in [0.15, 0.2) is 0 Å². The van der Waals surface area contributed by atoms with Gasteiger partial charge in [0.25, 0.3) is 0 Å². The Labute approximate surface area is 101 Å². The summed E-state index contributed by atoms with van der Waals surface area (Å²) in [6.07, 6.45) is 2.64. The van der Waals surface area contributed by atoms with Gasteiger partial charge in [-0.15, -0.1) is 0 Å². The molecule has 0 aliphatic carbocycles. The SMILES string of the molecule is [CH2]CCCCOOC(=O)c1cccc(OC)c1. The first-order chi connectivity index (χ1) is 8.27. The summed E-state index contributed by atoms with van der Waals surface area (Å²) in [7, 11) is 1.54. The molecular formula is C13H17O4. The summed E-state index contributed by atoms with van der Waals surface area (Å²) in [5.74, 6) is 0.0926. The van der Waals surface area contributed by atoms with Crippen LogP contribution in [0.4, 0.5) is 0 Å². The number of carbonyl (C=O) groups is 1. The van der Waals surface area contributed by atoms with E-state index in [4.69, 9.17) is 9.62 Å². The fraction of sp³-hybridized carbons (Fsp3) is 0.385. The van der Waals surface area contributed by atoms with E-state index in [1.807, 2.05) is 0 Å². The Morgan fingerprint density at radius 2 is 2.18 bits per heavy atom. The number of methoxy groups -OCH3 is 1. The van der Waals surface area contributed by atoms with Gasteiger partial charge in [0.2, 0.25) is 0 Å². The van der Waals surface area contributed by atoms with E-state index in [2.05, 4.69) is 11.8 Å². The van der Waals surface area contributed by atoms with Crippen molar-refractivity contribution in [1.29, 1.82) is 0 Å². The van der Waals surface area contributed by atoms with Crippen LogP contribution in [0.25, 0.3) is 0 Å². The molecule has 0 bridgehead atoms. The lowest BCUT2D eigenvalue weighted by Gasteiger charge is -2.04. The molecule has 17 heavy (non-hydrogen) atoms. The summed E-state index contributed by atoms with van der Waals surface area (Å²) >= 11 is 0. The molecule has 0 saturated carbocycles. The van der Waals surface area contributed by atoms with Gasteiger partial charge in [0.05, 0.1) is 19.3 Å². The highest BCUT2D eigenvalue weighted by Crippen LogP contribution is 2.13. The smallest absolute Gasteiger partial charge is 0.373 e. The highest BCUT2D eigenvalue weighted by molar-refractivity contribution is 5.89. The molecule has 0 unspecified atom stereocenters. The monoisotopic (exact) mass is 237 g/mol. The predicted molar refractivity (Wildman–Crippen MR) is 63.6 cm³/mol. The lowest BCUT2D eigenvalue weighted by molar-refractivity contribution is -0.241. The minimum Gasteiger partial charge on any atom is -0.497 e. The third-order valence-electron chi connectivity index (χ3n) is 2.17. The molecule has 1 rings (SSSR count). The van der Waals surface area contributed by atoms with Gasteiger partial charge in [-0.25, -0.2) is 4.79 Å². The van der Waals surface area contributed by atoms with E-state index in [-0.39, 0.29) is 0 Å². The Morgan fingerprint density at radius 3 is 2.88 bits per heavy atom. The van der Waals surface area contributed by atoms with Crippen LogP contribution in [0.3, 0.4) is 0 Å². The Kier molecular flexibility index (Phi) is 6.10. The molecule has 1 aromatic carbocycles. The van der Waals surface area contributed by atoms with Crippen molar-refractivity contribution in [3.8, 4) is 5.75 Å². The molecular weight excluding hydrogens is 220 g/mol. The average molecular weight is 237 g/mol. The first-order valence-electron chi connectivity index (χ1n) is 5.55. The number of hydrogen-bond donors (Lipinski definition) is 0. The molecule has 4 heteroatoms. The quantitative estimate of drug-likeness (QED) is 0.415. The first kappa shape index (κ1) is 13.5. The van der Waals surface area contributed by atoms with Gasteiger partial charge in [-0.3, -0.25) is 4.89 Å². The van der Waals surface area contributed by atoms with E-state index in [9.17, 15) is 4.79 Å². The standard InChI is InChI=1S/C13H17O4/c1-3-4-5-9-16-17-13(14)11-7-6-8-12(10-11)15-2/h6-8,10H,1,3-5,9H2,2H3. The van der Waals surface area contributed by atoms with Crippen LogP contribution in [0, 0.1) is 6.92 Å². The number of unbranched alkanes of at least 4 members (excludes halogenated alkanes) is 2. The topological polar surface area (TPSA) is 44.8 Å². The summed E-state index contributed by atoms with van der Waals surface area (Å²) in [6, 6.07) is 6.72. The lowest BCUT2D eigenvalue weighted by Crippen LogP contribution is -2.07. The lowest BCUT2D eigenvalue weighted by atomic mass is 10.2. The molecule has 0 heterocycles. The Morgan fingerprint density at radius 1 is 1.35 bits per heavy atom. The molecule has 0 saturated heterocycles. The molecule has 0 N–H and O–H groups in total. The minimum absolute atomic E-state index is 0.394. The summed E-state index contributed by atoms with van der Waals surface area (Å²) < 4.78 is 5.01. The highest BCUT2D eigenvalue weighted by atomic mass is 17.2. The number of ether oxygens (including phenoxy) is 1. The van der Waals surface area contributed by atoms with Crippen molar-refractivity contribution < 1.29 is 19.3 Å². The largest absolute Gasteiger partial charge is 0.497 e. The second-order valence-electron chi connectivity index (χ2n) is 3.49. The Bertz CT molecular complexity index is 349. The molecule has 0 atom stereocenters. The van der Waals surface area contributed by atoms with E-state index in [0.717, 1.165) is 19.3 Å². The average Bonchev–Trinajstić information content (AvgIpc) is 2.38. The van der Waals surface area contributed by atoms with Crippen molar-refractivity contribution in [2.45, 2.75) is 19.3 Å². The van der Waals surface area contributed by atoms with E-state index in [0.29, 0.717) is 17.9 Å². The first-order valence-corrected chi connectivity index (χ1v) is 5.55. The van der Waals surface area contributed by atoms with E-state index < -0.39 is 5.97 Å². The predicted octanol–water partition coefficient (Wildman–Crippen LogP) is 2.79. The van der Waals surface area contributed by atoms with Gasteiger partial charge in [-0.05, 0) is 24.6 Å². The van der Waals surface area contributed by atoms with Crippen LogP contribution in [0.5, 0.6) is 5.75 Å². The second kappa shape index (κ2) is 7.68. The van der Waals surface area contributed by atoms with Crippen molar-refractivity contribution in [1.82, 2.24) is 0 Å². The van der Waals surface area contributed by atoms with Crippen LogP contribution in [0.1, 0.15) is 29.6 Å². The molecule has 0 aliphatic heterocycles. The summed E-state index contributed by atoms with van der Waals surface area (Å²) in [6.45, 7) is 4.10. The maximum atomic E-state index is 11.5. The summed E-state index contributed by atoms with van der Waals surface area (Å²) in [5, 5.41) is 0. The molecule has 1 radical (unpaired) electrons. The third-order valence-corrected chi connectivity index (χ3v) is 2.17. The van der Waals surface area contributed by atoms with Gasteiger partial charge in [-0.1, -0.05) is 25.8 Å². The minimum atomic E-state index is -0.515. The van der Waals surface area contributed by atoms with Crippen LogP contribution >= 0.6 is 0 Å². The fourth-order valence-electron chi connectivity index (χ4n) is 1.23. The van der Waals surface area contributed by atoms with Gasteiger partial charge >= 0.3 is 5.97 Å². The number of benzene rings is 1. The summed E-state index contributed by atoms with van der Waals surface area (Å²) in [4.78, 5) is 21.0. The highest BCUT2D eigenvalue weighted by Gasteiger charge is 2.08. The maximum Gasteiger partial charge on any atom is 0.373 e. The zero-order valence-electron chi connectivity index (χ0n) is 9.98. The zero-order valence-corrected chi connectivity index (χ0v) is 9.98. The van der Waals surface area contributed by atoms with Crippen LogP contribution < -0.4 is 4.74 Å². The van der Waals surface area contributed by atoms with Gasteiger partial charge in [0, 0.05) is 0 Å². The molecule has 4 nitrogen and oxygen atoms in total. The molecule has 0 aromatic heterocycles. The molecule has 1 aromatic rings. The molecule has 0 aliphatic rings. The Hall–Kier alpha value is -1.55. The van der Waals surface area contributed by atoms with Crippen molar-refractivity contribution in [3.05, 3.63) is 36.8 Å². The number of hydrogen-bond acceptors (Lipinski definition) is 4. The molecule has 0 amide bonds. The van der Waals surface area contributed by atoms with E-state index in [1.54, 1.807) is 31.4 Å². The van der Waals surface area contributed by atoms with E-state index >= 15 is 0 Å². The van der Waals surface area contributed by atoms with Gasteiger partial charge in [-0.2, -0.15) is 4.89 Å². The molecule has 93 valence electrons.